The summed E-state index contributed by atoms with van der Waals surface area (Å²) in [4.78, 5) is 25.5. The molecule has 0 aliphatic carbocycles. The highest BCUT2D eigenvalue weighted by molar-refractivity contribution is 5.86. The van der Waals surface area contributed by atoms with Crippen LogP contribution >= 0.6 is 0 Å². The molecule has 2 N–H and O–H groups in total. The number of morpholine rings is 1. The molecular formula is C14H26N2O4. The Morgan fingerprint density at radius 3 is 2.60 bits per heavy atom. The number of aliphatic carboxylic acids is 1. The maximum absolute atomic E-state index is 12.4. The monoisotopic (exact) mass is 286 g/mol. The van der Waals surface area contributed by atoms with Crippen LogP contribution in [0.1, 0.15) is 47.0 Å². The maximum atomic E-state index is 12.4. The lowest BCUT2D eigenvalue weighted by Crippen LogP contribution is -2.61. The molecule has 0 saturated carbocycles. The normalized spacial score (nSPS) is 25.9. The van der Waals surface area contributed by atoms with Crippen molar-refractivity contribution in [1.82, 2.24) is 10.2 Å². The summed E-state index contributed by atoms with van der Waals surface area (Å²) in [7, 11) is 0. The molecule has 116 valence electrons. The van der Waals surface area contributed by atoms with Crippen molar-refractivity contribution in [1.29, 1.82) is 0 Å². The summed E-state index contributed by atoms with van der Waals surface area (Å²) in [6.45, 7) is 8.36. The van der Waals surface area contributed by atoms with Gasteiger partial charge in [-0.05, 0) is 26.7 Å². The molecule has 2 amide bonds. The molecule has 0 aromatic carbocycles. The van der Waals surface area contributed by atoms with Crippen LogP contribution in [0.2, 0.25) is 0 Å². The Labute approximate surface area is 120 Å². The van der Waals surface area contributed by atoms with Crippen molar-refractivity contribution in [2.45, 2.75) is 64.6 Å². The average molecular weight is 286 g/mol. The van der Waals surface area contributed by atoms with Gasteiger partial charge in [-0.2, -0.15) is 0 Å². The number of hydrogen-bond donors (Lipinski definition) is 2. The zero-order chi connectivity index (χ0) is 15.3. The number of urea groups is 1. The van der Waals surface area contributed by atoms with Gasteiger partial charge in [-0.3, -0.25) is 0 Å². The van der Waals surface area contributed by atoms with E-state index in [2.05, 4.69) is 5.32 Å². The van der Waals surface area contributed by atoms with Crippen molar-refractivity contribution in [3.05, 3.63) is 0 Å². The molecule has 1 heterocycles. The third-order valence-electron chi connectivity index (χ3n) is 3.80. The van der Waals surface area contributed by atoms with Crippen molar-refractivity contribution in [3.63, 3.8) is 0 Å². The van der Waals surface area contributed by atoms with Crippen LogP contribution in [0.5, 0.6) is 0 Å². The number of carboxylic acid groups (broad SMARTS) is 1. The number of carbonyl (C=O) groups excluding carboxylic acids is 1. The standard InChI is InChI=1S/C14H26N2O4/c1-5-7-14(4,12(17)18)15-13(19)16-8-10(3)20-9-11(16)6-2/h10-11H,5-9H2,1-4H3,(H,15,19)(H,17,18). The van der Waals surface area contributed by atoms with Crippen molar-refractivity contribution in [2.75, 3.05) is 13.2 Å². The predicted octanol–water partition coefficient (Wildman–Crippen LogP) is 1.84. The Morgan fingerprint density at radius 1 is 1.45 bits per heavy atom. The highest BCUT2D eigenvalue weighted by Gasteiger charge is 2.37. The Hall–Kier alpha value is -1.30. The minimum atomic E-state index is -1.22. The summed E-state index contributed by atoms with van der Waals surface area (Å²) >= 11 is 0. The van der Waals surface area contributed by atoms with E-state index < -0.39 is 11.5 Å². The number of nitrogens with one attached hydrogen (secondary N) is 1. The zero-order valence-electron chi connectivity index (χ0n) is 12.8. The summed E-state index contributed by atoms with van der Waals surface area (Å²) in [5.74, 6) is -0.998. The highest BCUT2D eigenvalue weighted by atomic mass is 16.5. The fourth-order valence-electron chi connectivity index (χ4n) is 2.46. The third-order valence-corrected chi connectivity index (χ3v) is 3.80. The van der Waals surface area contributed by atoms with Crippen LogP contribution in [0, 0.1) is 0 Å². The van der Waals surface area contributed by atoms with Crippen LogP contribution < -0.4 is 5.32 Å². The number of nitrogens with zero attached hydrogens (tertiary/aromatic N) is 1. The smallest absolute Gasteiger partial charge is 0.329 e. The fourth-order valence-corrected chi connectivity index (χ4v) is 2.46. The topological polar surface area (TPSA) is 78.9 Å². The molecule has 0 aromatic heterocycles. The average Bonchev–Trinajstić information content (AvgIpc) is 2.38. The summed E-state index contributed by atoms with van der Waals surface area (Å²) in [5, 5.41) is 12.0. The van der Waals surface area contributed by atoms with Gasteiger partial charge >= 0.3 is 12.0 Å². The minimum Gasteiger partial charge on any atom is -0.480 e. The second-order valence-corrected chi connectivity index (χ2v) is 5.68. The van der Waals surface area contributed by atoms with E-state index in [0.717, 1.165) is 6.42 Å². The molecule has 0 bridgehead atoms. The van der Waals surface area contributed by atoms with E-state index in [1.165, 1.54) is 0 Å². The Morgan fingerprint density at radius 2 is 2.10 bits per heavy atom. The van der Waals surface area contributed by atoms with E-state index in [1.807, 2.05) is 20.8 Å². The molecule has 3 unspecified atom stereocenters. The number of carboxylic acids is 1. The molecule has 6 heteroatoms. The molecule has 1 fully saturated rings. The third kappa shape index (κ3) is 3.85. The lowest BCUT2D eigenvalue weighted by Gasteiger charge is -2.40. The van der Waals surface area contributed by atoms with Crippen LogP contribution in [0.4, 0.5) is 4.79 Å². The minimum absolute atomic E-state index is 0.00544. The van der Waals surface area contributed by atoms with Crippen LogP contribution in [0.15, 0.2) is 0 Å². The van der Waals surface area contributed by atoms with E-state index in [4.69, 9.17) is 4.74 Å². The molecule has 3 atom stereocenters. The Kier molecular flexibility index (Phi) is 5.80. The van der Waals surface area contributed by atoms with E-state index >= 15 is 0 Å². The first-order valence-electron chi connectivity index (χ1n) is 7.27. The van der Waals surface area contributed by atoms with Gasteiger partial charge in [0.05, 0.1) is 18.8 Å². The lowest BCUT2D eigenvalue weighted by atomic mass is 9.96. The van der Waals surface area contributed by atoms with Gasteiger partial charge in [0.2, 0.25) is 0 Å². The molecular weight excluding hydrogens is 260 g/mol. The van der Waals surface area contributed by atoms with Gasteiger partial charge in [-0.1, -0.05) is 20.3 Å². The molecule has 1 rings (SSSR count). The van der Waals surface area contributed by atoms with E-state index in [9.17, 15) is 14.7 Å². The van der Waals surface area contributed by atoms with Gasteiger partial charge < -0.3 is 20.1 Å². The second-order valence-electron chi connectivity index (χ2n) is 5.68. The van der Waals surface area contributed by atoms with Gasteiger partial charge in [0.15, 0.2) is 0 Å². The number of carbonyl (C=O) groups is 2. The second kappa shape index (κ2) is 6.92. The summed E-state index contributed by atoms with van der Waals surface area (Å²) in [6, 6.07) is -0.309. The fraction of sp³-hybridized carbons (Fsp3) is 0.857. The maximum Gasteiger partial charge on any atom is 0.329 e. The van der Waals surface area contributed by atoms with Gasteiger partial charge in [-0.15, -0.1) is 0 Å². The van der Waals surface area contributed by atoms with Crippen molar-refractivity contribution in [3.8, 4) is 0 Å². The van der Waals surface area contributed by atoms with Gasteiger partial charge in [0, 0.05) is 6.54 Å². The first-order valence-corrected chi connectivity index (χ1v) is 7.27. The number of rotatable bonds is 5. The predicted molar refractivity (Wildman–Crippen MR) is 75.7 cm³/mol. The van der Waals surface area contributed by atoms with Crippen LogP contribution in [-0.2, 0) is 9.53 Å². The Balaban J connectivity index is 2.78. The zero-order valence-corrected chi connectivity index (χ0v) is 12.8. The summed E-state index contributed by atoms with van der Waals surface area (Å²) in [5.41, 5.74) is -1.22. The van der Waals surface area contributed by atoms with Crippen molar-refractivity contribution in [2.24, 2.45) is 0 Å². The SMILES string of the molecule is CCCC(C)(NC(=O)N1CC(C)OCC1CC)C(=O)O. The molecule has 1 saturated heterocycles. The van der Waals surface area contributed by atoms with Gasteiger partial charge in [0.25, 0.3) is 0 Å². The number of hydrogen-bond acceptors (Lipinski definition) is 3. The molecule has 0 aromatic rings. The Bertz CT molecular complexity index is 361. The largest absolute Gasteiger partial charge is 0.480 e. The van der Waals surface area contributed by atoms with E-state index in [0.29, 0.717) is 26.0 Å². The molecule has 6 nitrogen and oxygen atoms in total. The van der Waals surface area contributed by atoms with Crippen LogP contribution in [0.25, 0.3) is 0 Å². The molecule has 0 spiro atoms. The molecule has 1 aliphatic heterocycles. The van der Waals surface area contributed by atoms with Crippen molar-refractivity contribution < 1.29 is 19.4 Å². The first-order chi connectivity index (χ1) is 9.34. The summed E-state index contributed by atoms with van der Waals surface area (Å²) in [6.07, 6.45) is 1.87. The highest BCUT2D eigenvalue weighted by Crippen LogP contribution is 2.18. The molecule has 1 aliphatic rings. The molecule has 0 radical (unpaired) electrons. The first kappa shape index (κ1) is 16.8. The van der Waals surface area contributed by atoms with E-state index in [-0.39, 0.29) is 18.2 Å². The van der Waals surface area contributed by atoms with Crippen LogP contribution in [-0.4, -0.2) is 52.8 Å². The quantitative estimate of drug-likeness (QED) is 0.808. The lowest BCUT2D eigenvalue weighted by molar-refractivity contribution is -0.144. The van der Waals surface area contributed by atoms with Gasteiger partial charge in [0.1, 0.15) is 5.54 Å². The van der Waals surface area contributed by atoms with Crippen LogP contribution in [0.3, 0.4) is 0 Å². The number of ether oxygens (including phenoxy) is 1. The number of amides is 2. The summed E-state index contributed by atoms with van der Waals surface area (Å²) < 4.78 is 5.55. The van der Waals surface area contributed by atoms with Gasteiger partial charge in [-0.25, -0.2) is 9.59 Å². The van der Waals surface area contributed by atoms with Crippen molar-refractivity contribution >= 4 is 12.0 Å². The van der Waals surface area contributed by atoms with E-state index in [1.54, 1.807) is 11.8 Å². The molecule has 20 heavy (non-hydrogen) atoms.